The van der Waals surface area contributed by atoms with Gasteiger partial charge in [-0.25, -0.2) is 4.39 Å². The predicted molar refractivity (Wildman–Crippen MR) is 57.4 cm³/mol. The van der Waals surface area contributed by atoms with Crippen molar-refractivity contribution in [2.75, 3.05) is 27.2 Å². The van der Waals surface area contributed by atoms with Gasteiger partial charge in [0, 0.05) is 12.8 Å². The molecule has 0 bridgehead atoms. The fourth-order valence-corrected chi connectivity index (χ4v) is 0.977. The smallest absolute Gasteiger partial charge is 0.123 e. The molecule has 2 nitrogen and oxygen atoms in total. The van der Waals surface area contributed by atoms with Crippen molar-refractivity contribution in [3.05, 3.63) is 35.6 Å². The van der Waals surface area contributed by atoms with E-state index in [1.807, 2.05) is 14.1 Å². The third kappa shape index (κ3) is 4.14. The van der Waals surface area contributed by atoms with Gasteiger partial charge in [-0.3, -0.25) is 4.99 Å². The Bertz CT molecular complexity index is 291. The quantitative estimate of drug-likeness (QED) is 0.667. The highest BCUT2D eigenvalue weighted by Gasteiger charge is 1.89. The molecule has 1 aromatic rings. The summed E-state index contributed by atoms with van der Waals surface area (Å²) in [7, 11) is 4.01. The van der Waals surface area contributed by atoms with Gasteiger partial charge in [0.1, 0.15) is 5.82 Å². The SMILES string of the molecule is CN(C)CCN=Cc1ccc(F)cc1. The molecule has 0 atom stereocenters. The lowest BCUT2D eigenvalue weighted by Gasteiger charge is -2.05. The van der Waals surface area contributed by atoms with Gasteiger partial charge in [-0.2, -0.15) is 0 Å². The molecule has 3 heteroatoms. The molecule has 0 saturated heterocycles. The van der Waals surface area contributed by atoms with Crippen molar-refractivity contribution in [1.82, 2.24) is 4.90 Å². The molecule has 0 fully saturated rings. The number of aliphatic imine (C=N–C) groups is 1. The van der Waals surface area contributed by atoms with E-state index in [2.05, 4.69) is 9.89 Å². The lowest BCUT2D eigenvalue weighted by Crippen LogP contribution is -2.15. The van der Waals surface area contributed by atoms with Crippen molar-refractivity contribution in [1.29, 1.82) is 0 Å². The Morgan fingerprint density at radius 1 is 1.29 bits per heavy atom. The number of hydrogen-bond donors (Lipinski definition) is 0. The van der Waals surface area contributed by atoms with Crippen LogP contribution in [-0.2, 0) is 0 Å². The normalized spacial score (nSPS) is 11.4. The van der Waals surface area contributed by atoms with Gasteiger partial charge in [0.15, 0.2) is 0 Å². The number of rotatable bonds is 4. The Morgan fingerprint density at radius 3 is 2.50 bits per heavy atom. The first-order chi connectivity index (χ1) is 6.68. The topological polar surface area (TPSA) is 15.6 Å². The van der Waals surface area contributed by atoms with Crippen LogP contribution in [-0.4, -0.2) is 38.3 Å². The zero-order valence-corrected chi connectivity index (χ0v) is 8.57. The maximum atomic E-state index is 12.5. The molecule has 1 rings (SSSR count). The van der Waals surface area contributed by atoms with E-state index in [-0.39, 0.29) is 5.82 Å². The molecular weight excluding hydrogens is 179 g/mol. The number of halogens is 1. The molecule has 0 spiro atoms. The summed E-state index contributed by atoms with van der Waals surface area (Å²) in [5.74, 6) is -0.213. The lowest BCUT2D eigenvalue weighted by atomic mass is 10.2. The van der Waals surface area contributed by atoms with Gasteiger partial charge >= 0.3 is 0 Å². The van der Waals surface area contributed by atoms with Gasteiger partial charge in [0.05, 0.1) is 6.54 Å². The first-order valence-electron chi connectivity index (χ1n) is 4.58. The highest BCUT2D eigenvalue weighted by Crippen LogP contribution is 1.99. The molecule has 0 aromatic heterocycles. The molecule has 0 amide bonds. The van der Waals surface area contributed by atoms with Gasteiger partial charge in [0.2, 0.25) is 0 Å². The monoisotopic (exact) mass is 194 g/mol. The largest absolute Gasteiger partial charge is 0.308 e. The Labute approximate surface area is 84.1 Å². The van der Waals surface area contributed by atoms with Crippen LogP contribution in [0.2, 0.25) is 0 Å². The molecule has 76 valence electrons. The molecule has 1 aromatic carbocycles. The van der Waals surface area contributed by atoms with Crippen molar-refractivity contribution in [3.8, 4) is 0 Å². The van der Waals surface area contributed by atoms with Crippen LogP contribution in [0.5, 0.6) is 0 Å². The van der Waals surface area contributed by atoms with Crippen molar-refractivity contribution < 1.29 is 4.39 Å². The first kappa shape index (κ1) is 10.9. The van der Waals surface area contributed by atoms with Crippen LogP contribution >= 0.6 is 0 Å². The van der Waals surface area contributed by atoms with Crippen molar-refractivity contribution >= 4 is 6.21 Å². The molecule has 0 N–H and O–H groups in total. The minimum atomic E-state index is -0.213. The molecule has 14 heavy (non-hydrogen) atoms. The fraction of sp³-hybridized carbons (Fsp3) is 0.364. The summed E-state index contributed by atoms with van der Waals surface area (Å²) in [4.78, 5) is 6.29. The van der Waals surface area contributed by atoms with E-state index in [4.69, 9.17) is 0 Å². The minimum Gasteiger partial charge on any atom is -0.308 e. The average molecular weight is 194 g/mol. The highest BCUT2D eigenvalue weighted by molar-refractivity contribution is 5.79. The Hall–Kier alpha value is -1.22. The molecule has 0 unspecified atom stereocenters. The second kappa shape index (κ2) is 5.50. The summed E-state index contributed by atoms with van der Waals surface area (Å²) in [6.07, 6.45) is 1.77. The van der Waals surface area contributed by atoms with Gasteiger partial charge in [0.25, 0.3) is 0 Å². The second-order valence-corrected chi connectivity index (χ2v) is 3.39. The van der Waals surface area contributed by atoms with Crippen molar-refractivity contribution in [2.45, 2.75) is 0 Å². The van der Waals surface area contributed by atoms with Crippen LogP contribution in [0.15, 0.2) is 29.3 Å². The molecule has 0 heterocycles. The standard InChI is InChI=1S/C11H15FN2/c1-14(2)8-7-13-9-10-3-5-11(12)6-4-10/h3-6,9H,7-8H2,1-2H3. The maximum absolute atomic E-state index is 12.5. The summed E-state index contributed by atoms with van der Waals surface area (Å²) in [6, 6.07) is 6.31. The zero-order chi connectivity index (χ0) is 10.4. The molecule has 0 aliphatic rings. The Balaban J connectivity index is 2.40. The van der Waals surface area contributed by atoms with E-state index in [0.29, 0.717) is 0 Å². The van der Waals surface area contributed by atoms with E-state index in [9.17, 15) is 4.39 Å². The zero-order valence-electron chi connectivity index (χ0n) is 8.57. The third-order valence-corrected chi connectivity index (χ3v) is 1.79. The summed E-state index contributed by atoms with van der Waals surface area (Å²) in [5, 5.41) is 0. The third-order valence-electron chi connectivity index (χ3n) is 1.79. The van der Waals surface area contributed by atoms with E-state index < -0.39 is 0 Å². The van der Waals surface area contributed by atoms with Crippen LogP contribution < -0.4 is 0 Å². The molecule has 0 aliphatic heterocycles. The van der Waals surface area contributed by atoms with E-state index in [0.717, 1.165) is 18.7 Å². The average Bonchev–Trinajstić information content (AvgIpc) is 2.15. The minimum absolute atomic E-state index is 0.213. The van der Waals surface area contributed by atoms with E-state index in [1.165, 1.54) is 12.1 Å². The summed E-state index contributed by atoms with van der Waals surface area (Å²) >= 11 is 0. The van der Waals surface area contributed by atoms with Crippen LogP contribution in [0, 0.1) is 5.82 Å². The van der Waals surface area contributed by atoms with Crippen LogP contribution in [0.1, 0.15) is 5.56 Å². The lowest BCUT2D eigenvalue weighted by molar-refractivity contribution is 0.421. The van der Waals surface area contributed by atoms with Gasteiger partial charge in [-0.05, 0) is 31.8 Å². The summed E-state index contributed by atoms with van der Waals surface area (Å²) in [6.45, 7) is 1.70. The Kier molecular flexibility index (Phi) is 4.26. The number of likely N-dealkylation sites (N-methyl/N-ethyl adjacent to an activating group) is 1. The van der Waals surface area contributed by atoms with Crippen LogP contribution in [0.3, 0.4) is 0 Å². The molecule has 0 aliphatic carbocycles. The number of nitrogens with zero attached hydrogens (tertiary/aromatic N) is 2. The van der Waals surface area contributed by atoms with E-state index >= 15 is 0 Å². The molecule has 0 saturated carbocycles. The molecule has 0 radical (unpaired) electrons. The van der Waals surface area contributed by atoms with Gasteiger partial charge < -0.3 is 4.90 Å². The first-order valence-corrected chi connectivity index (χ1v) is 4.58. The van der Waals surface area contributed by atoms with Crippen LogP contribution in [0.4, 0.5) is 4.39 Å². The summed E-state index contributed by atoms with van der Waals surface area (Å²) in [5.41, 5.74) is 0.935. The fourth-order valence-electron chi connectivity index (χ4n) is 0.977. The molecular formula is C11H15FN2. The van der Waals surface area contributed by atoms with Gasteiger partial charge in [-0.1, -0.05) is 12.1 Å². The summed E-state index contributed by atoms with van der Waals surface area (Å²) < 4.78 is 12.5. The van der Waals surface area contributed by atoms with Crippen molar-refractivity contribution in [3.63, 3.8) is 0 Å². The maximum Gasteiger partial charge on any atom is 0.123 e. The van der Waals surface area contributed by atoms with Crippen molar-refractivity contribution in [2.24, 2.45) is 4.99 Å². The number of benzene rings is 1. The number of hydrogen-bond acceptors (Lipinski definition) is 2. The highest BCUT2D eigenvalue weighted by atomic mass is 19.1. The van der Waals surface area contributed by atoms with E-state index in [1.54, 1.807) is 18.3 Å². The van der Waals surface area contributed by atoms with Gasteiger partial charge in [-0.15, -0.1) is 0 Å². The van der Waals surface area contributed by atoms with Crippen LogP contribution in [0.25, 0.3) is 0 Å². The Morgan fingerprint density at radius 2 is 1.93 bits per heavy atom. The second-order valence-electron chi connectivity index (χ2n) is 3.39. The predicted octanol–water partition coefficient (Wildman–Crippen LogP) is 1.81.